The van der Waals surface area contributed by atoms with Crippen LogP contribution in [-0.4, -0.2) is 6.29 Å². The molecule has 0 N–H and O–H groups in total. The molecule has 0 aromatic heterocycles. The quantitative estimate of drug-likeness (QED) is 0.227. The van der Waals surface area contributed by atoms with Crippen molar-refractivity contribution in [1.82, 2.24) is 0 Å². The highest BCUT2D eigenvalue weighted by atomic mass is 16.1. The van der Waals surface area contributed by atoms with Gasteiger partial charge in [-0.1, -0.05) is 67.7 Å². The predicted octanol–water partition coefficient (Wildman–Crippen LogP) is 6.11. The van der Waals surface area contributed by atoms with Crippen LogP contribution >= 0.6 is 0 Å². The van der Waals surface area contributed by atoms with Gasteiger partial charge in [-0.05, 0) is 44.9 Å². The Morgan fingerprint density at radius 2 is 1.00 bits per heavy atom. The van der Waals surface area contributed by atoms with Crippen LogP contribution < -0.4 is 0 Å². The fraction of sp³-hybridized carbons (Fsp3) is 0.450. The van der Waals surface area contributed by atoms with Gasteiger partial charge in [0.1, 0.15) is 6.29 Å². The number of allylic oxidation sites excluding steroid dienone is 10. The van der Waals surface area contributed by atoms with Gasteiger partial charge in [-0.3, -0.25) is 0 Å². The van der Waals surface area contributed by atoms with Crippen molar-refractivity contribution in [2.45, 2.75) is 58.3 Å². The molecule has 0 spiro atoms. The van der Waals surface area contributed by atoms with Gasteiger partial charge in [0.05, 0.1) is 0 Å². The molecule has 116 valence electrons. The summed E-state index contributed by atoms with van der Waals surface area (Å²) >= 11 is 0. The SMILES string of the molecule is CCC=CCC=CCC=CCC=CC/C=C\CCCC=O. The Labute approximate surface area is 130 Å². The largest absolute Gasteiger partial charge is 0.303 e. The first kappa shape index (κ1) is 19.4. The molecule has 21 heavy (non-hydrogen) atoms. The van der Waals surface area contributed by atoms with Crippen molar-refractivity contribution in [2.24, 2.45) is 0 Å². The van der Waals surface area contributed by atoms with Crippen LogP contribution in [0.5, 0.6) is 0 Å². The lowest BCUT2D eigenvalue weighted by Crippen LogP contribution is -1.73. The second kappa shape index (κ2) is 18.4. The van der Waals surface area contributed by atoms with Crippen LogP contribution in [0.4, 0.5) is 0 Å². The minimum absolute atomic E-state index is 0.675. The first-order valence-corrected chi connectivity index (χ1v) is 8.10. The fourth-order valence-electron chi connectivity index (χ4n) is 1.69. The third-order valence-corrected chi connectivity index (χ3v) is 2.85. The zero-order valence-electron chi connectivity index (χ0n) is 13.4. The van der Waals surface area contributed by atoms with Crippen LogP contribution in [-0.2, 0) is 4.79 Å². The molecule has 0 aromatic rings. The first-order chi connectivity index (χ1) is 10.4. The Morgan fingerprint density at radius 3 is 1.43 bits per heavy atom. The number of hydrogen-bond donors (Lipinski definition) is 0. The Hall–Kier alpha value is -1.63. The summed E-state index contributed by atoms with van der Waals surface area (Å²) in [5, 5.41) is 0. The summed E-state index contributed by atoms with van der Waals surface area (Å²) in [5.41, 5.74) is 0. The van der Waals surface area contributed by atoms with Crippen LogP contribution in [0.2, 0.25) is 0 Å². The molecule has 0 atom stereocenters. The van der Waals surface area contributed by atoms with Gasteiger partial charge < -0.3 is 4.79 Å². The molecule has 0 aromatic carbocycles. The van der Waals surface area contributed by atoms with Crippen molar-refractivity contribution in [1.29, 1.82) is 0 Å². The first-order valence-electron chi connectivity index (χ1n) is 8.10. The highest BCUT2D eigenvalue weighted by Crippen LogP contribution is 1.97. The summed E-state index contributed by atoms with van der Waals surface area (Å²) < 4.78 is 0. The third-order valence-electron chi connectivity index (χ3n) is 2.85. The molecule has 0 heterocycles. The third kappa shape index (κ3) is 18.4. The zero-order chi connectivity index (χ0) is 15.4. The lowest BCUT2D eigenvalue weighted by molar-refractivity contribution is -0.107. The monoisotopic (exact) mass is 286 g/mol. The van der Waals surface area contributed by atoms with E-state index in [1.165, 1.54) is 0 Å². The van der Waals surface area contributed by atoms with Crippen molar-refractivity contribution < 1.29 is 4.79 Å². The molecule has 0 rings (SSSR count). The maximum Gasteiger partial charge on any atom is 0.120 e. The van der Waals surface area contributed by atoms with Crippen LogP contribution in [0.15, 0.2) is 60.8 Å². The minimum atomic E-state index is 0.675. The van der Waals surface area contributed by atoms with E-state index in [2.05, 4.69) is 67.7 Å². The van der Waals surface area contributed by atoms with Gasteiger partial charge >= 0.3 is 0 Å². The van der Waals surface area contributed by atoms with E-state index in [1.807, 2.05) is 0 Å². The van der Waals surface area contributed by atoms with Crippen LogP contribution in [0.3, 0.4) is 0 Å². The molecule has 0 radical (unpaired) electrons. The fourth-order valence-corrected chi connectivity index (χ4v) is 1.69. The van der Waals surface area contributed by atoms with E-state index in [4.69, 9.17) is 0 Å². The minimum Gasteiger partial charge on any atom is -0.303 e. The maximum absolute atomic E-state index is 10.1. The lowest BCUT2D eigenvalue weighted by Gasteiger charge is -1.87. The topological polar surface area (TPSA) is 17.1 Å². The van der Waals surface area contributed by atoms with Gasteiger partial charge in [0.15, 0.2) is 0 Å². The van der Waals surface area contributed by atoms with E-state index in [0.29, 0.717) is 6.42 Å². The summed E-state index contributed by atoms with van der Waals surface area (Å²) in [5.74, 6) is 0. The van der Waals surface area contributed by atoms with Gasteiger partial charge in [0, 0.05) is 6.42 Å². The average molecular weight is 286 g/mol. The van der Waals surface area contributed by atoms with Gasteiger partial charge in [0.25, 0.3) is 0 Å². The standard InChI is InChI=1S/C20H30O/c1-2-3-4-5-6-7-8-9-10-11-12-13-14-15-16-17-18-19-20-21/h3-4,6-7,9-10,12-13,15-16,20H,2,5,8,11,14,17-19H2,1H3/b4-3?,7-6?,10-9?,13-12?,16-15-. The van der Waals surface area contributed by atoms with Gasteiger partial charge in [-0.2, -0.15) is 0 Å². The Bertz CT molecular complexity index is 356. The highest BCUT2D eigenvalue weighted by molar-refractivity contribution is 5.49. The van der Waals surface area contributed by atoms with E-state index in [1.54, 1.807) is 0 Å². The summed E-state index contributed by atoms with van der Waals surface area (Å²) in [4.78, 5) is 10.1. The molecular formula is C20H30O. The van der Waals surface area contributed by atoms with Crippen molar-refractivity contribution in [3.8, 4) is 0 Å². The average Bonchev–Trinajstić information content (AvgIpc) is 2.50. The summed E-state index contributed by atoms with van der Waals surface area (Å²) in [6, 6.07) is 0. The molecule has 0 unspecified atom stereocenters. The molecule has 0 bridgehead atoms. The summed E-state index contributed by atoms with van der Waals surface area (Å²) in [6.07, 6.45) is 30.7. The van der Waals surface area contributed by atoms with Crippen molar-refractivity contribution in [3.05, 3.63) is 60.8 Å². The molecule has 0 saturated carbocycles. The van der Waals surface area contributed by atoms with Crippen molar-refractivity contribution >= 4 is 6.29 Å². The molecule has 1 nitrogen and oxygen atoms in total. The second-order valence-corrected chi connectivity index (χ2v) is 4.81. The Morgan fingerprint density at radius 1 is 0.571 bits per heavy atom. The predicted molar refractivity (Wildman–Crippen MR) is 94.4 cm³/mol. The summed E-state index contributed by atoms with van der Waals surface area (Å²) in [7, 11) is 0. The van der Waals surface area contributed by atoms with E-state index in [-0.39, 0.29) is 0 Å². The molecule has 1 heteroatoms. The highest BCUT2D eigenvalue weighted by Gasteiger charge is 1.80. The number of carbonyl (C=O) groups is 1. The number of unbranched alkanes of at least 4 members (excludes halogenated alkanes) is 2. The van der Waals surface area contributed by atoms with Crippen LogP contribution in [0, 0.1) is 0 Å². The molecular weight excluding hydrogens is 256 g/mol. The van der Waals surface area contributed by atoms with Gasteiger partial charge in [-0.25, -0.2) is 0 Å². The zero-order valence-corrected chi connectivity index (χ0v) is 13.4. The molecule has 0 saturated heterocycles. The maximum atomic E-state index is 10.1. The van der Waals surface area contributed by atoms with Crippen molar-refractivity contribution in [3.63, 3.8) is 0 Å². The molecule has 0 fully saturated rings. The van der Waals surface area contributed by atoms with Gasteiger partial charge in [-0.15, -0.1) is 0 Å². The molecule has 0 amide bonds. The second-order valence-electron chi connectivity index (χ2n) is 4.81. The van der Waals surface area contributed by atoms with Gasteiger partial charge in [0.2, 0.25) is 0 Å². The van der Waals surface area contributed by atoms with E-state index < -0.39 is 0 Å². The summed E-state index contributed by atoms with van der Waals surface area (Å²) in [6.45, 7) is 2.15. The molecule has 0 aliphatic heterocycles. The number of aldehydes is 1. The van der Waals surface area contributed by atoms with Crippen molar-refractivity contribution in [2.75, 3.05) is 0 Å². The van der Waals surface area contributed by atoms with Crippen LogP contribution in [0.25, 0.3) is 0 Å². The van der Waals surface area contributed by atoms with E-state index >= 15 is 0 Å². The van der Waals surface area contributed by atoms with Crippen LogP contribution in [0.1, 0.15) is 58.3 Å². The number of carbonyl (C=O) groups excluding carboxylic acids is 1. The normalized spacial score (nSPS) is 12.8. The number of hydrogen-bond acceptors (Lipinski definition) is 1. The Balaban J connectivity index is 3.43. The Kier molecular flexibility index (Phi) is 16.9. The molecule has 0 aliphatic carbocycles. The van der Waals surface area contributed by atoms with E-state index in [9.17, 15) is 4.79 Å². The van der Waals surface area contributed by atoms with E-state index in [0.717, 1.165) is 51.2 Å². The number of rotatable bonds is 13. The smallest absolute Gasteiger partial charge is 0.120 e. The molecule has 0 aliphatic rings. The lowest BCUT2D eigenvalue weighted by atomic mass is 10.2.